The lowest BCUT2D eigenvalue weighted by Crippen LogP contribution is -2.02. The Morgan fingerprint density at radius 2 is 1.88 bits per heavy atom. The Morgan fingerprint density at radius 3 is 2.65 bits per heavy atom. The summed E-state index contributed by atoms with van der Waals surface area (Å²) in [4.78, 5) is 0. The molecule has 0 saturated heterocycles. The molecule has 0 aliphatic carbocycles. The zero-order valence-electron chi connectivity index (χ0n) is 10.1. The van der Waals surface area contributed by atoms with Crippen LogP contribution < -0.4 is 11.1 Å². The highest BCUT2D eigenvalue weighted by Gasteiger charge is 1.97. The standard InChI is InChI=1S/C15H18N2/c1-12-5-2-3-7-14(12)11-17-15-8-4-6-13(9-15)10-16/h2-9,17H,10-11,16H2,1H3. The van der Waals surface area contributed by atoms with Crippen molar-refractivity contribution in [3.05, 3.63) is 65.2 Å². The van der Waals surface area contributed by atoms with E-state index in [0.29, 0.717) is 6.54 Å². The smallest absolute Gasteiger partial charge is 0.0403 e. The van der Waals surface area contributed by atoms with Crippen LogP contribution in [0, 0.1) is 6.92 Å². The lowest BCUT2D eigenvalue weighted by Gasteiger charge is -2.09. The number of anilines is 1. The minimum Gasteiger partial charge on any atom is -0.381 e. The molecule has 2 aromatic carbocycles. The summed E-state index contributed by atoms with van der Waals surface area (Å²) in [6, 6.07) is 16.6. The van der Waals surface area contributed by atoms with E-state index in [9.17, 15) is 0 Å². The fourth-order valence-corrected chi connectivity index (χ4v) is 1.81. The molecule has 2 rings (SSSR count). The van der Waals surface area contributed by atoms with Crippen molar-refractivity contribution in [1.29, 1.82) is 0 Å². The van der Waals surface area contributed by atoms with Crippen molar-refractivity contribution in [2.24, 2.45) is 5.73 Å². The van der Waals surface area contributed by atoms with Crippen LogP contribution in [0.4, 0.5) is 5.69 Å². The second kappa shape index (κ2) is 5.51. The first-order valence-corrected chi connectivity index (χ1v) is 5.87. The zero-order chi connectivity index (χ0) is 12.1. The van der Waals surface area contributed by atoms with Gasteiger partial charge in [0.2, 0.25) is 0 Å². The molecule has 0 heterocycles. The maximum Gasteiger partial charge on any atom is 0.0403 e. The molecule has 0 aromatic heterocycles. The SMILES string of the molecule is Cc1ccccc1CNc1cccc(CN)c1. The molecule has 0 atom stereocenters. The van der Waals surface area contributed by atoms with Gasteiger partial charge in [0.05, 0.1) is 0 Å². The van der Waals surface area contributed by atoms with Gasteiger partial charge >= 0.3 is 0 Å². The van der Waals surface area contributed by atoms with Crippen LogP contribution in [0.1, 0.15) is 16.7 Å². The Morgan fingerprint density at radius 1 is 1.06 bits per heavy atom. The monoisotopic (exact) mass is 226 g/mol. The number of hydrogen-bond acceptors (Lipinski definition) is 2. The van der Waals surface area contributed by atoms with E-state index >= 15 is 0 Å². The molecule has 0 saturated carbocycles. The van der Waals surface area contributed by atoms with Crippen LogP contribution in [0.25, 0.3) is 0 Å². The highest BCUT2D eigenvalue weighted by atomic mass is 14.9. The van der Waals surface area contributed by atoms with Gasteiger partial charge in [-0.25, -0.2) is 0 Å². The molecule has 0 aliphatic heterocycles. The van der Waals surface area contributed by atoms with E-state index in [1.807, 2.05) is 12.1 Å². The van der Waals surface area contributed by atoms with Crippen LogP contribution >= 0.6 is 0 Å². The molecular formula is C15H18N2. The summed E-state index contributed by atoms with van der Waals surface area (Å²) in [6.45, 7) is 3.56. The number of nitrogens with two attached hydrogens (primary N) is 1. The number of hydrogen-bond donors (Lipinski definition) is 2. The van der Waals surface area contributed by atoms with Crippen molar-refractivity contribution in [2.45, 2.75) is 20.0 Å². The van der Waals surface area contributed by atoms with Gasteiger partial charge in [0, 0.05) is 18.8 Å². The third-order valence-corrected chi connectivity index (χ3v) is 2.91. The Labute approximate surface area is 102 Å². The molecule has 88 valence electrons. The van der Waals surface area contributed by atoms with E-state index in [-0.39, 0.29) is 0 Å². The first kappa shape index (κ1) is 11.7. The highest BCUT2D eigenvalue weighted by Crippen LogP contribution is 2.13. The predicted octanol–water partition coefficient (Wildman–Crippen LogP) is 3.07. The Hall–Kier alpha value is -1.80. The van der Waals surface area contributed by atoms with Crippen molar-refractivity contribution < 1.29 is 0 Å². The van der Waals surface area contributed by atoms with Gasteiger partial charge in [0.15, 0.2) is 0 Å². The molecule has 2 heteroatoms. The number of nitrogens with one attached hydrogen (secondary N) is 1. The summed E-state index contributed by atoms with van der Waals surface area (Å²) in [5, 5.41) is 3.42. The van der Waals surface area contributed by atoms with Gasteiger partial charge in [-0.1, -0.05) is 36.4 Å². The van der Waals surface area contributed by atoms with E-state index in [4.69, 9.17) is 5.73 Å². The van der Waals surface area contributed by atoms with Gasteiger partial charge in [-0.15, -0.1) is 0 Å². The lowest BCUT2D eigenvalue weighted by molar-refractivity contribution is 1.06. The van der Waals surface area contributed by atoms with Gasteiger partial charge in [-0.3, -0.25) is 0 Å². The molecule has 0 spiro atoms. The minimum atomic E-state index is 0.583. The van der Waals surface area contributed by atoms with Crippen LogP contribution in [0.15, 0.2) is 48.5 Å². The van der Waals surface area contributed by atoms with Crippen molar-refractivity contribution in [2.75, 3.05) is 5.32 Å². The second-order valence-electron chi connectivity index (χ2n) is 4.18. The maximum atomic E-state index is 5.62. The van der Waals surface area contributed by atoms with Gasteiger partial charge in [0.1, 0.15) is 0 Å². The minimum absolute atomic E-state index is 0.583. The van der Waals surface area contributed by atoms with Gasteiger partial charge in [0.25, 0.3) is 0 Å². The van der Waals surface area contributed by atoms with E-state index in [2.05, 4.69) is 48.6 Å². The molecule has 0 bridgehead atoms. The lowest BCUT2D eigenvalue weighted by atomic mass is 10.1. The summed E-state index contributed by atoms with van der Waals surface area (Å²) in [6.07, 6.45) is 0. The molecule has 0 aliphatic rings. The zero-order valence-corrected chi connectivity index (χ0v) is 10.1. The molecular weight excluding hydrogens is 208 g/mol. The fraction of sp³-hybridized carbons (Fsp3) is 0.200. The molecule has 0 fully saturated rings. The third-order valence-electron chi connectivity index (χ3n) is 2.91. The average Bonchev–Trinajstić information content (AvgIpc) is 2.38. The third kappa shape index (κ3) is 3.08. The van der Waals surface area contributed by atoms with Crippen LogP contribution in [0.3, 0.4) is 0 Å². The molecule has 3 N–H and O–H groups in total. The molecule has 0 amide bonds. The van der Waals surface area contributed by atoms with E-state index in [1.54, 1.807) is 0 Å². The summed E-state index contributed by atoms with van der Waals surface area (Å²) in [7, 11) is 0. The number of benzene rings is 2. The van der Waals surface area contributed by atoms with Crippen molar-refractivity contribution in [1.82, 2.24) is 0 Å². The maximum absolute atomic E-state index is 5.62. The fourth-order valence-electron chi connectivity index (χ4n) is 1.81. The highest BCUT2D eigenvalue weighted by molar-refractivity contribution is 5.46. The molecule has 0 unspecified atom stereocenters. The Bertz CT molecular complexity index is 492. The predicted molar refractivity (Wildman–Crippen MR) is 72.8 cm³/mol. The van der Waals surface area contributed by atoms with E-state index in [0.717, 1.165) is 17.8 Å². The van der Waals surface area contributed by atoms with Gasteiger partial charge in [-0.05, 0) is 35.7 Å². The second-order valence-corrected chi connectivity index (χ2v) is 4.18. The van der Waals surface area contributed by atoms with Crippen molar-refractivity contribution >= 4 is 5.69 Å². The largest absolute Gasteiger partial charge is 0.381 e. The van der Waals surface area contributed by atoms with Crippen LogP contribution in [-0.4, -0.2) is 0 Å². The molecule has 2 nitrogen and oxygen atoms in total. The Kier molecular flexibility index (Phi) is 3.78. The first-order chi connectivity index (χ1) is 8.29. The number of aryl methyl sites for hydroxylation is 1. The van der Waals surface area contributed by atoms with Gasteiger partial charge in [-0.2, -0.15) is 0 Å². The summed E-state index contributed by atoms with van der Waals surface area (Å²) < 4.78 is 0. The van der Waals surface area contributed by atoms with E-state index in [1.165, 1.54) is 11.1 Å². The molecule has 2 aromatic rings. The van der Waals surface area contributed by atoms with Crippen LogP contribution in [0.2, 0.25) is 0 Å². The topological polar surface area (TPSA) is 38.0 Å². The summed E-state index contributed by atoms with van der Waals surface area (Å²) in [5.74, 6) is 0. The normalized spacial score (nSPS) is 10.2. The van der Waals surface area contributed by atoms with Crippen LogP contribution in [0.5, 0.6) is 0 Å². The van der Waals surface area contributed by atoms with Gasteiger partial charge < -0.3 is 11.1 Å². The molecule has 0 radical (unpaired) electrons. The number of rotatable bonds is 4. The Balaban J connectivity index is 2.05. The van der Waals surface area contributed by atoms with Crippen molar-refractivity contribution in [3.63, 3.8) is 0 Å². The molecule has 17 heavy (non-hydrogen) atoms. The first-order valence-electron chi connectivity index (χ1n) is 5.87. The summed E-state index contributed by atoms with van der Waals surface area (Å²) >= 11 is 0. The van der Waals surface area contributed by atoms with Crippen LogP contribution in [-0.2, 0) is 13.1 Å². The average molecular weight is 226 g/mol. The van der Waals surface area contributed by atoms with Crippen molar-refractivity contribution in [3.8, 4) is 0 Å². The van der Waals surface area contributed by atoms with E-state index < -0.39 is 0 Å². The quantitative estimate of drug-likeness (QED) is 0.840. The summed E-state index contributed by atoms with van der Waals surface area (Å²) in [5.41, 5.74) is 10.5.